The Balaban J connectivity index is 1.51. The number of nitrogens with one attached hydrogen (secondary N) is 1. The predicted octanol–water partition coefficient (Wildman–Crippen LogP) is 3.09. The molecular weight excluding hydrogens is 448 g/mol. The van der Waals surface area contributed by atoms with Crippen molar-refractivity contribution in [2.45, 2.75) is 58.5 Å². The van der Waals surface area contributed by atoms with Crippen LogP contribution in [0.4, 0.5) is 0 Å². The smallest absolute Gasteiger partial charge is 0.258 e. The maximum Gasteiger partial charge on any atom is 0.258 e. The number of aryl methyl sites for hydroxylation is 3. The van der Waals surface area contributed by atoms with Gasteiger partial charge in [0, 0.05) is 35.0 Å². The fraction of sp³-hybridized carbons (Fsp3) is 0.462. The quantitative estimate of drug-likeness (QED) is 0.404. The van der Waals surface area contributed by atoms with Crippen molar-refractivity contribution in [2.75, 3.05) is 19.8 Å². The fourth-order valence-electron chi connectivity index (χ4n) is 4.16. The Labute approximate surface area is 204 Å². The number of nitrogens with zero attached hydrogens (tertiary/aromatic N) is 3. The van der Waals surface area contributed by atoms with Crippen LogP contribution in [-0.4, -0.2) is 57.1 Å². The molecular formula is C26H32N4O5. The van der Waals surface area contributed by atoms with Crippen LogP contribution in [0.3, 0.4) is 0 Å². The predicted molar refractivity (Wildman–Crippen MR) is 130 cm³/mol. The van der Waals surface area contributed by atoms with E-state index in [1.54, 1.807) is 0 Å². The van der Waals surface area contributed by atoms with Crippen LogP contribution in [0.1, 0.15) is 54.6 Å². The average molecular weight is 481 g/mol. The molecule has 0 aliphatic heterocycles. The van der Waals surface area contributed by atoms with Gasteiger partial charge in [0.1, 0.15) is 25.1 Å². The second-order valence-corrected chi connectivity index (χ2v) is 9.03. The monoisotopic (exact) mass is 480 g/mol. The molecule has 2 aromatic heterocycles. The molecule has 0 saturated heterocycles. The molecule has 1 aromatic carbocycles. The molecule has 9 heteroatoms. The Hall–Kier alpha value is -3.30. The van der Waals surface area contributed by atoms with Crippen molar-refractivity contribution in [3.63, 3.8) is 0 Å². The second-order valence-electron chi connectivity index (χ2n) is 9.03. The van der Waals surface area contributed by atoms with Crippen molar-refractivity contribution in [2.24, 2.45) is 0 Å². The van der Waals surface area contributed by atoms with Gasteiger partial charge in [0.05, 0.1) is 0 Å². The maximum absolute atomic E-state index is 11.2. The number of pyridine rings is 1. The van der Waals surface area contributed by atoms with E-state index >= 15 is 0 Å². The zero-order valence-corrected chi connectivity index (χ0v) is 20.4. The number of carbonyl (C=O) groups excluding carboxylic acids is 1. The summed E-state index contributed by atoms with van der Waals surface area (Å²) in [5.41, 5.74) is 5.56. The van der Waals surface area contributed by atoms with E-state index in [9.17, 15) is 9.90 Å². The topological polar surface area (TPSA) is 131 Å². The van der Waals surface area contributed by atoms with Gasteiger partial charge in [0.2, 0.25) is 11.7 Å². The number of carbonyl (C=O) groups is 1. The van der Waals surface area contributed by atoms with Crippen molar-refractivity contribution in [1.82, 2.24) is 20.4 Å². The summed E-state index contributed by atoms with van der Waals surface area (Å²) in [6, 6.07) is 7.92. The number of hydrogen-bond acceptors (Lipinski definition) is 8. The zero-order valence-electron chi connectivity index (χ0n) is 20.4. The van der Waals surface area contributed by atoms with Crippen LogP contribution in [0, 0.1) is 13.8 Å². The number of hydrogen-bond donors (Lipinski definition) is 3. The lowest BCUT2D eigenvalue weighted by Crippen LogP contribution is -2.36. The average Bonchev–Trinajstić information content (AvgIpc) is 3.30. The van der Waals surface area contributed by atoms with Gasteiger partial charge in [-0.25, -0.2) is 0 Å². The number of aromatic nitrogens is 3. The van der Waals surface area contributed by atoms with Crippen LogP contribution >= 0.6 is 0 Å². The molecule has 0 radical (unpaired) electrons. The molecule has 3 N–H and O–H groups in total. The summed E-state index contributed by atoms with van der Waals surface area (Å²) in [6.07, 6.45) is 3.40. The van der Waals surface area contributed by atoms with Crippen molar-refractivity contribution in [1.29, 1.82) is 0 Å². The lowest BCUT2D eigenvalue weighted by Gasteiger charge is -2.25. The van der Waals surface area contributed by atoms with Gasteiger partial charge in [0.15, 0.2) is 0 Å². The lowest BCUT2D eigenvalue weighted by atomic mass is 9.82. The van der Waals surface area contributed by atoms with Crippen LogP contribution in [0.5, 0.6) is 5.75 Å². The summed E-state index contributed by atoms with van der Waals surface area (Å²) < 4.78 is 11.5. The molecule has 0 bridgehead atoms. The van der Waals surface area contributed by atoms with E-state index in [1.807, 2.05) is 39.0 Å². The number of benzene rings is 1. The molecule has 1 aliphatic carbocycles. The minimum atomic E-state index is -0.900. The molecule has 4 rings (SSSR count). The molecule has 1 amide bonds. The van der Waals surface area contributed by atoms with Gasteiger partial charge < -0.3 is 24.8 Å². The van der Waals surface area contributed by atoms with Crippen molar-refractivity contribution in [3.8, 4) is 28.6 Å². The third-order valence-electron chi connectivity index (χ3n) is 6.26. The first-order chi connectivity index (χ1) is 16.9. The van der Waals surface area contributed by atoms with Crippen LogP contribution in [0.15, 0.2) is 28.8 Å². The van der Waals surface area contributed by atoms with Gasteiger partial charge in [-0.05, 0) is 68.5 Å². The number of rotatable bonds is 10. The number of ether oxygens (including phenoxy) is 1. The summed E-state index contributed by atoms with van der Waals surface area (Å²) in [4.78, 5) is 20.5. The summed E-state index contributed by atoms with van der Waals surface area (Å²) in [7, 11) is 0. The van der Waals surface area contributed by atoms with Gasteiger partial charge in [0.25, 0.3) is 5.89 Å². The Kier molecular flexibility index (Phi) is 7.77. The molecule has 1 aliphatic rings. The fourth-order valence-corrected chi connectivity index (χ4v) is 4.16. The SMILES string of the molecule is CCc1cc(-c2noc(-c3cc(C)nc(C4CCC4)c3)n2)cc(C)c1OC[C@@H](O)CNC(=O)CO. The molecule has 1 fully saturated rings. The van der Waals surface area contributed by atoms with Gasteiger partial charge in [-0.1, -0.05) is 18.5 Å². The Morgan fingerprint density at radius 3 is 2.69 bits per heavy atom. The highest BCUT2D eigenvalue weighted by atomic mass is 16.5. The van der Waals surface area contributed by atoms with E-state index in [0.29, 0.717) is 29.8 Å². The van der Waals surface area contributed by atoms with Crippen molar-refractivity contribution < 1.29 is 24.3 Å². The lowest BCUT2D eigenvalue weighted by molar-refractivity contribution is -0.124. The van der Waals surface area contributed by atoms with E-state index in [-0.39, 0.29) is 13.2 Å². The van der Waals surface area contributed by atoms with E-state index in [2.05, 4.69) is 21.5 Å². The molecule has 0 unspecified atom stereocenters. The highest BCUT2D eigenvalue weighted by Crippen LogP contribution is 2.37. The standard InChI is InChI=1S/C26H32N4O5/c1-4-17-10-19(8-15(2)24(17)34-14-21(32)12-27-23(33)13-31)25-29-26(35-30-25)20-9-16(3)28-22(11-20)18-6-5-7-18/h8-11,18,21,31-32H,4-7,12-14H2,1-3H3,(H,27,33)/t21-/m0/s1. The molecule has 1 atom stereocenters. The van der Waals surface area contributed by atoms with Gasteiger partial charge in [-0.3, -0.25) is 9.78 Å². The van der Waals surface area contributed by atoms with Crippen molar-refractivity contribution >= 4 is 5.91 Å². The van der Waals surface area contributed by atoms with E-state index < -0.39 is 18.6 Å². The minimum absolute atomic E-state index is 0.000556. The Morgan fingerprint density at radius 2 is 2.00 bits per heavy atom. The molecule has 3 aromatic rings. The van der Waals surface area contributed by atoms with E-state index in [0.717, 1.165) is 33.6 Å². The third kappa shape index (κ3) is 5.86. The highest BCUT2D eigenvalue weighted by molar-refractivity contribution is 5.76. The van der Waals surface area contributed by atoms with Crippen molar-refractivity contribution in [3.05, 3.63) is 46.8 Å². The molecule has 9 nitrogen and oxygen atoms in total. The highest BCUT2D eigenvalue weighted by Gasteiger charge is 2.23. The number of aliphatic hydroxyl groups excluding tert-OH is 2. The molecule has 35 heavy (non-hydrogen) atoms. The molecule has 0 spiro atoms. The first kappa shape index (κ1) is 24.8. The third-order valence-corrected chi connectivity index (χ3v) is 6.26. The molecule has 2 heterocycles. The second kappa shape index (κ2) is 11.0. The summed E-state index contributed by atoms with van der Waals surface area (Å²) in [5, 5.41) is 25.5. The number of aliphatic hydroxyl groups is 2. The zero-order chi connectivity index (χ0) is 24.9. The maximum atomic E-state index is 11.2. The first-order valence-corrected chi connectivity index (χ1v) is 12.0. The first-order valence-electron chi connectivity index (χ1n) is 12.0. The summed E-state index contributed by atoms with van der Waals surface area (Å²) in [6.45, 7) is 5.32. The summed E-state index contributed by atoms with van der Waals surface area (Å²) in [5.74, 6) is 1.62. The van der Waals surface area contributed by atoms with Crippen LogP contribution in [0.25, 0.3) is 22.8 Å². The van der Waals surface area contributed by atoms with E-state index in [4.69, 9.17) is 19.4 Å². The molecule has 1 saturated carbocycles. The summed E-state index contributed by atoms with van der Waals surface area (Å²) >= 11 is 0. The van der Waals surface area contributed by atoms with Crippen LogP contribution in [0.2, 0.25) is 0 Å². The Morgan fingerprint density at radius 1 is 1.20 bits per heavy atom. The number of amides is 1. The van der Waals surface area contributed by atoms with E-state index in [1.165, 1.54) is 19.3 Å². The van der Waals surface area contributed by atoms with Gasteiger partial charge in [-0.15, -0.1) is 0 Å². The minimum Gasteiger partial charge on any atom is -0.490 e. The van der Waals surface area contributed by atoms with Gasteiger partial charge >= 0.3 is 0 Å². The van der Waals surface area contributed by atoms with Gasteiger partial charge in [-0.2, -0.15) is 4.98 Å². The largest absolute Gasteiger partial charge is 0.490 e. The Bertz CT molecular complexity index is 1190. The normalized spacial score (nSPS) is 14.4. The van der Waals surface area contributed by atoms with Crippen LogP contribution < -0.4 is 10.1 Å². The molecule has 186 valence electrons. The van der Waals surface area contributed by atoms with Crippen LogP contribution in [-0.2, 0) is 11.2 Å².